The molecule has 0 saturated heterocycles. The number of carbonyl (C=O) groups is 1. The Kier molecular flexibility index (Phi) is 3.19. The van der Waals surface area contributed by atoms with Gasteiger partial charge >= 0.3 is 0 Å². The van der Waals surface area contributed by atoms with Crippen LogP contribution in [0.4, 0.5) is 0 Å². The van der Waals surface area contributed by atoms with E-state index in [1.165, 1.54) is 0 Å². The van der Waals surface area contributed by atoms with E-state index in [1.807, 2.05) is 19.9 Å². The van der Waals surface area contributed by atoms with Crippen molar-refractivity contribution in [3.8, 4) is 0 Å². The van der Waals surface area contributed by atoms with Gasteiger partial charge in [0, 0.05) is 18.9 Å². The Labute approximate surface area is 101 Å². The van der Waals surface area contributed by atoms with Crippen molar-refractivity contribution in [3.63, 3.8) is 0 Å². The lowest BCUT2D eigenvalue weighted by Crippen LogP contribution is -2.54. The van der Waals surface area contributed by atoms with Gasteiger partial charge < -0.3 is 11.1 Å². The summed E-state index contributed by atoms with van der Waals surface area (Å²) in [5.41, 5.74) is 5.51. The van der Waals surface area contributed by atoms with Crippen LogP contribution in [0.3, 0.4) is 0 Å². The van der Waals surface area contributed by atoms with Crippen molar-refractivity contribution in [2.45, 2.75) is 38.3 Å². The molecule has 0 spiro atoms. The minimum atomic E-state index is -0.297. The number of aromatic nitrogens is 2. The van der Waals surface area contributed by atoms with Crippen LogP contribution in [0.1, 0.15) is 32.7 Å². The third kappa shape index (κ3) is 2.49. The van der Waals surface area contributed by atoms with E-state index in [0.29, 0.717) is 12.5 Å². The van der Waals surface area contributed by atoms with Gasteiger partial charge in [-0.2, -0.15) is 5.10 Å². The van der Waals surface area contributed by atoms with E-state index in [2.05, 4.69) is 10.4 Å². The zero-order valence-corrected chi connectivity index (χ0v) is 10.4. The Morgan fingerprint density at radius 2 is 2.41 bits per heavy atom. The Morgan fingerprint density at radius 1 is 1.71 bits per heavy atom. The summed E-state index contributed by atoms with van der Waals surface area (Å²) in [4.78, 5) is 12.1. The van der Waals surface area contributed by atoms with Crippen molar-refractivity contribution >= 4 is 5.91 Å². The van der Waals surface area contributed by atoms with E-state index in [-0.39, 0.29) is 17.5 Å². The first-order valence-corrected chi connectivity index (χ1v) is 6.08. The summed E-state index contributed by atoms with van der Waals surface area (Å²) >= 11 is 0. The largest absolute Gasteiger partial charge is 0.348 e. The maximum atomic E-state index is 12.1. The fourth-order valence-electron chi connectivity index (χ4n) is 2.06. The molecular weight excluding hydrogens is 216 g/mol. The summed E-state index contributed by atoms with van der Waals surface area (Å²) in [6.45, 7) is 4.35. The standard InChI is InChI=1S/C12H20N4O/c1-9(16-7-3-6-14-16)11(17)15-12(2,8-13)10-4-5-10/h3,6-7,9-10H,4-5,8,13H2,1-2H3,(H,15,17). The third-order valence-electron chi connectivity index (χ3n) is 3.61. The molecule has 0 aliphatic heterocycles. The fourth-order valence-corrected chi connectivity index (χ4v) is 2.06. The van der Waals surface area contributed by atoms with E-state index in [9.17, 15) is 4.79 Å². The quantitative estimate of drug-likeness (QED) is 0.790. The van der Waals surface area contributed by atoms with Crippen LogP contribution in [0, 0.1) is 5.92 Å². The number of carbonyl (C=O) groups excluding carboxylic acids is 1. The summed E-state index contributed by atoms with van der Waals surface area (Å²) in [7, 11) is 0. The molecule has 0 aromatic carbocycles. The number of amides is 1. The second kappa shape index (κ2) is 4.49. The molecule has 5 nitrogen and oxygen atoms in total. The average Bonchev–Trinajstić information content (AvgIpc) is 3.05. The molecular formula is C12H20N4O. The van der Waals surface area contributed by atoms with Crippen molar-refractivity contribution in [3.05, 3.63) is 18.5 Å². The molecule has 1 aliphatic carbocycles. The van der Waals surface area contributed by atoms with Gasteiger partial charge in [-0.15, -0.1) is 0 Å². The number of hydrogen-bond acceptors (Lipinski definition) is 3. The van der Waals surface area contributed by atoms with E-state index >= 15 is 0 Å². The van der Waals surface area contributed by atoms with Crippen LogP contribution in [-0.4, -0.2) is 27.8 Å². The molecule has 2 atom stereocenters. The number of rotatable bonds is 5. The van der Waals surface area contributed by atoms with Gasteiger partial charge in [-0.05, 0) is 38.7 Å². The molecule has 1 aliphatic rings. The number of nitrogens with one attached hydrogen (secondary N) is 1. The highest BCUT2D eigenvalue weighted by molar-refractivity contribution is 5.80. The Balaban J connectivity index is 2.00. The van der Waals surface area contributed by atoms with Crippen molar-refractivity contribution in [1.82, 2.24) is 15.1 Å². The molecule has 1 fully saturated rings. The topological polar surface area (TPSA) is 72.9 Å². The average molecular weight is 236 g/mol. The summed E-state index contributed by atoms with van der Waals surface area (Å²) in [6.07, 6.45) is 5.78. The summed E-state index contributed by atoms with van der Waals surface area (Å²) in [5.74, 6) is 0.509. The smallest absolute Gasteiger partial charge is 0.245 e. The monoisotopic (exact) mass is 236 g/mol. The van der Waals surface area contributed by atoms with E-state index < -0.39 is 0 Å². The summed E-state index contributed by atoms with van der Waals surface area (Å²) in [6, 6.07) is 1.52. The predicted octanol–water partition coefficient (Wildman–Crippen LogP) is 0.688. The Bertz CT molecular complexity index is 385. The normalized spacial score (nSPS) is 20.6. The molecule has 2 unspecified atom stereocenters. The third-order valence-corrected chi connectivity index (χ3v) is 3.61. The molecule has 1 amide bonds. The highest BCUT2D eigenvalue weighted by Gasteiger charge is 2.42. The van der Waals surface area contributed by atoms with Crippen LogP contribution in [0.2, 0.25) is 0 Å². The second-order valence-corrected chi connectivity index (χ2v) is 5.05. The zero-order valence-electron chi connectivity index (χ0n) is 10.4. The number of nitrogens with zero attached hydrogens (tertiary/aromatic N) is 2. The minimum absolute atomic E-state index is 0.0199. The lowest BCUT2D eigenvalue weighted by atomic mass is 9.95. The van der Waals surface area contributed by atoms with Gasteiger partial charge in [-0.25, -0.2) is 0 Å². The highest BCUT2D eigenvalue weighted by atomic mass is 16.2. The van der Waals surface area contributed by atoms with E-state index in [1.54, 1.807) is 17.1 Å². The Morgan fingerprint density at radius 3 is 2.88 bits per heavy atom. The van der Waals surface area contributed by atoms with Crippen LogP contribution in [0.25, 0.3) is 0 Å². The lowest BCUT2D eigenvalue weighted by Gasteiger charge is -2.30. The van der Waals surface area contributed by atoms with Gasteiger partial charge in [0.25, 0.3) is 0 Å². The molecule has 5 heteroatoms. The molecule has 2 rings (SSSR count). The van der Waals surface area contributed by atoms with Crippen molar-refractivity contribution in [2.75, 3.05) is 6.54 Å². The molecule has 17 heavy (non-hydrogen) atoms. The summed E-state index contributed by atoms with van der Waals surface area (Å²) < 4.78 is 1.65. The van der Waals surface area contributed by atoms with Gasteiger partial charge in [0.1, 0.15) is 6.04 Å². The minimum Gasteiger partial charge on any atom is -0.348 e. The van der Waals surface area contributed by atoms with Crippen LogP contribution in [0.15, 0.2) is 18.5 Å². The van der Waals surface area contributed by atoms with Gasteiger partial charge in [0.05, 0.1) is 5.54 Å². The first kappa shape index (κ1) is 12.1. The van der Waals surface area contributed by atoms with Crippen LogP contribution >= 0.6 is 0 Å². The van der Waals surface area contributed by atoms with E-state index in [4.69, 9.17) is 5.73 Å². The molecule has 1 aromatic rings. The maximum absolute atomic E-state index is 12.1. The molecule has 0 bridgehead atoms. The van der Waals surface area contributed by atoms with Crippen LogP contribution in [-0.2, 0) is 4.79 Å². The zero-order chi connectivity index (χ0) is 12.5. The number of hydrogen-bond donors (Lipinski definition) is 2. The van der Waals surface area contributed by atoms with Crippen molar-refractivity contribution in [2.24, 2.45) is 11.7 Å². The summed E-state index contributed by atoms with van der Waals surface area (Å²) in [5, 5.41) is 7.15. The van der Waals surface area contributed by atoms with Gasteiger partial charge in [0.2, 0.25) is 5.91 Å². The van der Waals surface area contributed by atoms with Gasteiger partial charge in [0.15, 0.2) is 0 Å². The second-order valence-electron chi connectivity index (χ2n) is 5.05. The maximum Gasteiger partial charge on any atom is 0.245 e. The first-order valence-electron chi connectivity index (χ1n) is 6.08. The van der Waals surface area contributed by atoms with E-state index in [0.717, 1.165) is 12.8 Å². The molecule has 1 saturated carbocycles. The van der Waals surface area contributed by atoms with Gasteiger partial charge in [-0.3, -0.25) is 9.48 Å². The van der Waals surface area contributed by atoms with Crippen LogP contribution < -0.4 is 11.1 Å². The van der Waals surface area contributed by atoms with Crippen LogP contribution in [0.5, 0.6) is 0 Å². The lowest BCUT2D eigenvalue weighted by molar-refractivity contribution is -0.126. The highest BCUT2D eigenvalue weighted by Crippen LogP contribution is 2.39. The Hall–Kier alpha value is -1.36. The van der Waals surface area contributed by atoms with Gasteiger partial charge in [-0.1, -0.05) is 0 Å². The molecule has 1 aromatic heterocycles. The molecule has 0 radical (unpaired) electrons. The predicted molar refractivity (Wildman–Crippen MR) is 65.3 cm³/mol. The molecule has 94 valence electrons. The molecule has 1 heterocycles. The number of nitrogens with two attached hydrogens (primary N) is 1. The van der Waals surface area contributed by atoms with Crippen molar-refractivity contribution in [1.29, 1.82) is 0 Å². The first-order chi connectivity index (χ1) is 8.07. The van der Waals surface area contributed by atoms with Crippen molar-refractivity contribution < 1.29 is 4.79 Å². The SMILES string of the molecule is CC(C(=O)NC(C)(CN)C1CC1)n1cccn1. The molecule has 3 N–H and O–H groups in total. The fraction of sp³-hybridized carbons (Fsp3) is 0.667.